The molecule has 18 nitrogen and oxygen atoms in total. The Hall–Kier alpha value is -3.54. The fraction of sp³-hybridized carbons (Fsp3) is 0.800. The van der Waals surface area contributed by atoms with Gasteiger partial charge in [0.2, 0.25) is 11.8 Å². The Kier molecular flexibility index (Phi) is 11.3. The topological polar surface area (TPSA) is 232 Å². The third kappa shape index (κ3) is 8.98. The molecule has 0 aromatic rings. The molecule has 0 aliphatic carbocycles. The predicted octanol–water partition coefficient (Wildman–Crippen LogP) is -0.281. The molecule has 2 N–H and O–H groups in total. The van der Waals surface area contributed by atoms with Crippen LogP contribution in [0.2, 0.25) is 0 Å². The second kappa shape index (κ2) is 14.3. The van der Waals surface area contributed by atoms with Gasteiger partial charge < -0.3 is 48.5 Å². The van der Waals surface area contributed by atoms with Gasteiger partial charge in [-0.3, -0.25) is 24.0 Å². The maximum absolute atomic E-state index is 12.2. The predicted molar refractivity (Wildman–Crippen MR) is 139 cm³/mol. The van der Waals surface area contributed by atoms with E-state index in [9.17, 15) is 29.5 Å². The van der Waals surface area contributed by atoms with Crippen LogP contribution in [0.1, 0.15) is 48.5 Å². The SMILES string of the molecule is CC(=O)N[C@@H]1[C@@H](NC(C)=O)[C@@H](OC[C@H](OC(C)=O)[C@H]2O[C@@H]3OC(C)(C)O[C@@H]3[C@H]2N=[N+]=[N-])O[C@H](COC(C)=O)[C@H]1OC(C)=O. The zero-order valence-corrected chi connectivity index (χ0v) is 24.8. The highest BCUT2D eigenvalue weighted by Gasteiger charge is 2.57. The van der Waals surface area contributed by atoms with Crippen LogP contribution in [0.3, 0.4) is 0 Å². The first-order valence-electron chi connectivity index (χ1n) is 13.5. The quantitative estimate of drug-likeness (QED) is 0.100. The van der Waals surface area contributed by atoms with E-state index in [4.69, 9.17) is 37.9 Å². The van der Waals surface area contributed by atoms with E-state index < -0.39 is 110 Å². The fourth-order valence-corrected chi connectivity index (χ4v) is 5.17. The Balaban J connectivity index is 1.92. The van der Waals surface area contributed by atoms with Gasteiger partial charge in [0.15, 0.2) is 30.6 Å². The molecular formula is C25H37N5O13. The molecule has 240 valence electrons. The summed E-state index contributed by atoms with van der Waals surface area (Å²) in [5.74, 6) is -4.19. The summed E-state index contributed by atoms with van der Waals surface area (Å²) in [6.45, 7) is 8.38. The van der Waals surface area contributed by atoms with Crippen molar-refractivity contribution in [3.8, 4) is 0 Å². The molecule has 3 heterocycles. The third-order valence-corrected chi connectivity index (χ3v) is 6.55. The van der Waals surface area contributed by atoms with E-state index in [0.717, 1.165) is 13.8 Å². The van der Waals surface area contributed by atoms with Crippen molar-refractivity contribution in [3.05, 3.63) is 10.4 Å². The molecule has 3 fully saturated rings. The Morgan fingerprint density at radius 1 is 0.930 bits per heavy atom. The van der Waals surface area contributed by atoms with E-state index in [-0.39, 0.29) is 0 Å². The van der Waals surface area contributed by atoms with E-state index in [1.54, 1.807) is 13.8 Å². The highest BCUT2D eigenvalue weighted by Crippen LogP contribution is 2.40. The molecule has 0 aromatic carbocycles. The van der Waals surface area contributed by atoms with Gasteiger partial charge in [-0.1, -0.05) is 5.11 Å². The number of fused-ring (bicyclic) bond motifs is 1. The monoisotopic (exact) mass is 615 g/mol. The minimum atomic E-state index is -1.38. The van der Waals surface area contributed by atoms with Crippen molar-refractivity contribution >= 4 is 29.7 Å². The summed E-state index contributed by atoms with van der Waals surface area (Å²) in [5.41, 5.74) is 9.22. The number of hydrogen-bond donors (Lipinski definition) is 2. The first kappa shape index (κ1) is 34.0. The molecule has 0 radical (unpaired) electrons. The van der Waals surface area contributed by atoms with Gasteiger partial charge in [0.25, 0.3) is 0 Å². The van der Waals surface area contributed by atoms with Gasteiger partial charge in [-0.2, -0.15) is 0 Å². The highest BCUT2D eigenvalue weighted by atomic mass is 16.8. The number of esters is 3. The number of nitrogens with zero attached hydrogens (tertiary/aromatic N) is 3. The van der Waals surface area contributed by atoms with Crippen molar-refractivity contribution in [3.63, 3.8) is 0 Å². The fourth-order valence-electron chi connectivity index (χ4n) is 5.17. The van der Waals surface area contributed by atoms with Crippen LogP contribution in [-0.4, -0.2) is 110 Å². The smallest absolute Gasteiger partial charge is 0.303 e. The van der Waals surface area contributed by atoms with Gasteiger partial charge in [0.1, 0.15) is 31.0 Å². The van der Waals surface area contributed by atoms with Crippen molar-refractivity contribution in [2.75, 3.05) is 13.2 Å². The van der Waals surface area contributed by atoms with Crippen molar-refractivity contribution in [1.82, 2.24) is 10.6 Å². The Morgan fingerprint density at radius 2 is 1.58 bits per heavy atom. The molecule has 0 unspecified atom stereocenters. The lowest BCUT2D eigenvalue weighted by Crippen LogP contribution is -2.70. The minimum Gasteiger partial charge on any atom is -0.463 e. The standard InChI is InChI=1S/C25H37N5O13/c1-10(31)27-17-18(28-11(2)32)23(40-16(8-36-12(3)33)20(17)39-14(5)35)37-9-15(38-13(4)34)21-19(29-30-26)22-24(41-21)43-25(6,7)42-22/h15-24H,8-9H2,1-7H3,(H,27,31)(H,28,32)/t15-,16+,17+,18+,19-,20+,21+,22+,23-,24+/m0/s1. The van der Waals surface area contributed by atoms with Crippen LogP contribution >= 0.6 is 0 Å². The Bertz CT molecular complexity index is 1130. The summed E-state index contributed by atoms with van der Waals surface area (Å²) in [6.07, 6.45) is -7.78. The van der Waals surface area contributed by atoms with Crippen molar-refractivity contribution in [2.45, 2.75) is 115 Å². The number of nitrogens with one attached hydrogen (secondary N) is 2. The molecule has 43 heavy (non-hydrogen) atoms. The molecule has 18 heteroatoms. The molecule has 0 saturated carbocycles. The summed E-state index contributed by atoms with van der Waals surface area (Å²) in [5, 5.41) is 9.07. The molecule has 3 saturated heterocycles. The van der Waals surface area contributed by atoms with E-state index >= 15 is 0 Å². The average molecular weight is 616 g/mol. The molecule has 0 bridgehead atoms. The molecule has 3 aliphatic rings. The number of azide groups is 1. The van der Waals surface area contributed by atoms with Crippen molar-refractivity contribution < 1.29 is 61.9 Å². The summed E-state index contributed by atoms with van der Waals surface area (Å²) < 4.78 is 45.6. The van der Waals surface area contributed by atoms with E-state index in [1.807, 2.05) is 0 Å². The van der Waals surface area contributed by atoms with Gasteiger partial charge in [0, 0.05) is 39.5 Å². The van der Waals surface area contributed by atoms with E-state index in [2.05, 4.69) is 20.7 Å². The summed E-state index contributed by atoms with van der Waals surface area (Å²) in [7, 11) is 0. The summed E-state index contributed by atoms with van der Waals surface area (Å²) in [4.78, 5) is 62.9. The van der Waals surface area contributed by atoms with Crippen LogP contribution in [-0.2, 0) is 61.9 Å². The van der Waals surface area contributed by atoms with E-state index in [0.29, 0.717) is 0 Å². The summed E-state index contributed by atoms with van der Waals surface area (Å²) >= 11 is 0. The van der Waals surface area contributed by atoms with Crippen molar-refractivity contribution in [1.29, 1.82) is 0 Å². The highest BCUT2D eigenvalue weighted by molar-refractivity contribution is 5.75. The van der Waals surface area contributed by atoms with Crippen LogP contribution in [0.25, 0.3) is 10.4 Å². The molecule has 3 rings (SSSR count). The lowest BCUT2D eigenvalue weighted by Gasteiger charge is -2.46. The number of rotatable bonds is 11. The lowest BCUT2D eigenvalue weighted by molar-refractivity contribution is -0.267. The normalized spacial score (nSPS) is 33.2. The zero-order chi connectivity index (χ0) is 32.1. The molecular weight excluding hydrogens is 578 g/mol. The molecule has 10 atom stereocenters. The van der Waals surface area contributed by atoms with Crippen LogP contribution in [0, 0.1) is 0 Å². The number of amides is 2. The van der Waals surface area contributed by atoms with Gasteiger partial charge in [-0.25, -0.2) is 0 Å². The van der Waals surface area contributed by atoms with Crippen LogP contribution in [0.5, 0.6) is 0 Å². The molecule has 3 aliphatic heterocycles. The van der Waals surface area contributed by atoms with Gasteiger partial charge in [0.05, 0.1) is 18.7 Å². The second-order valence-electron chi connectivity index (χ2n) is 10.6. The average Bonchev–Trinajstić information content (AvgIpc) is 3.34. The number of carbonyl (C=O) groups is 5. The van der Waals surface area contributed by atoms with Gasteiger partial charge >= 0.3 is 17.9 Å². The number of hydrogen-bond acceptors (Lipinski definition) is 14. The summed E-state index contributed by atoms with van der Waals surface area (Å²) in [6, 6.07) is -3.25. The van der Waals surface area contributed by atoms with E-state index in [1.165, 1.54) is 20.8 Å². The van der Waals surface area contributed by atoms with Crippen LogP contribution in [0.15, 0.2) is 5.11 Å². The first-order chi connectivity index (χ1) is 20.1. The zero-order valence-electron chi connectivity index (χ0n) is 24.8. The molecule has 0 aromatic heterocycles. The first-order valence-corrected chi connectivity index (χ1v) is 13.5. The maximum atomic E-state index is 12.2. The largest absolute Gasteiger partial charge is 0.463 e. The van der Waals surface area contributed by atoms with Gasteiger partial charge in [-0.15, -0.1) is 0 Å². The second-order valence-corrected chi connectivity index (χ2v) is 10.6. The van der Waals surface area contributed by atoms with Crippen LogP contribution in [0.4, 0.5) is 0 Å². The lowest BCUT2D eigenvalue weighted by atomic mass is 9.93. The van der Waals surface area contributed by atoms with Crippen molar-refractivity contribution in [2.24, 2.45) is 5.11 Å². The number of carbonyl (C=O) groups excluding carboxylic acids is 5. The van der Waals surface area contributed by atoms with Gasteiger partial charge in [-0.05, 0) is 19.4 Å². The van der Waals surface area contributed by atoms with Crippen LogP contribution < -0.4 is 10.6 Å². The number of ether oxygens (including phenoxy) is 8. The minimum absolute atomic E-state index is 0.401. The third-order valence-electron chi connectivity index (χ3n) is 6.55. The Morgan fingerprint density at radius 3 is 2.14 bits per heavy atom. The maximum Gasteiger partial charge on any atom is 0.303 e. The molecule has 0 spiro atoms. The molecule has 2 amide bonds. The Labute approximate surface area is 246 Å².